The highest BCUT2D eigenvalue weighted by Crippen LogP contribution is 2.25. The third kappa shape index (κ3) is 5.44. The molecule has 2 rings (SSSR count). The molecule has 2 aromatic rings. The van der Waals surface area contributed by atoms with Crippen LogP contribution in [-0.4, -0.2) is 19.5 Å². The second-order valence-electron chi connectivity index (χ2n) is 5.32. The Labute approximate surface area is 144 Å². The van der Waals surface area contributed by atoms with Crippen molar-refractivity contribution in [1.82, 2.24) is 10.6 Å². The van der Waals surface area contributed by atoms with Crippen LogP contribution in [0.4, 0.5) is 4.39 Å². The molecule has 0 spiro atoms. The summed E-state index contributed by atoms with van der Waals surface area (Å²) in [5.41, 5.74) is 1.64. The van der Waals surface area contributed by atoms with Gasteiger partial charge in [0.2, 0.25) is 5.91 Å². The molecule has 0 aromatic heterocycles. The number of hydrogen-bond donors (Lipinski definition) is 2. The average Bonchev–Trinajstić information content (AvgIpc) is 2.53. The first kappa shape index (κ1) is 17.6. The van der Waals surface area contributed by atoms with Gasteiger partial charge >= 0.3 is 0 Å². The molecule has 2 N–H and O–H groups in total. The van der Waals surface area contributed by atoms with Crippen molar-refractivity contribution < 1.29 is 9.18 Å². The van der Waals surface area contributed by atoms with Crippen molar-refractivity contribution in [3.63, 3.8) is 0 Å². The Kier molecular flexibility index (Phi) is 6.74. The molecule has 0 bridgehead atoms. The zero-order valence-corrected chi connectivity index (χ0v) is 14.6. The molecule has 0 aliphatic carbocycles. The van der Waals surface area contributed by atoms with E-state index in [9.17, 15) is 9.18 Å². The van der Waals surface area contributed by atoms with Gasteiger partial charge in [0.1, 0.15) is 5.82 Å². The number of amides is 1. The number of nitrogens with one attached hydrogen (secondary N) is 2. The molecule has 0 aliphatic heterocycles. The quantitative estimate of drug-likeness (QED) is 0.719. The summed E-state index contributed by atoms with van der Waals surface area (Å²) in [4.78, 5) is 12.2. The van der Waals surface area contributed by atoms with E-state index in [4.69, 9.17) is 0 Å². The summed E-state index contributed by atoms with van der Waals surface area (Å²) in [5, 5.41) is 6.03. The molecule has 0 saturated heterocycles. The number of rotatable bonds is 7. The van der Waals surface area contributed by atoms with Crippen LogP contribution < -0.4 is 10.6 Å². The lowest BCUT2D eigenvalue weighted by Gasteiger charge is -2.20. The van der Waals surface area contributed by atoms with Crippen LogP contribution in [0, 0.1) is 5.82 Å². The highest BCUT2D eigenvalue weighted by atomic mass is 79.9. The molecule has 5 heteroatoms. The van der Waals surface area contributed by atoms with E-state index < -0.39 is 0 Å². The molecule has 23 heavy (non-hydrogen) atoms. The normalized spacial score (nSPS) is 12.0. The average molecular weight is 379 g/mol. The van der Waals surface area contributed by atoms with Gasteiger partial charge in [-0.15, -0.1) is 0 Å². The summed E-state index contributed by atoms with van der Waals surface area (Å²) in [6.45, 7) is 0.787. The second kappa shape index (κ2) is 8.79. The van der Waals surface area contributed by atoms with Crippen LogP contribution in [0.5, 0.6) is 0 Å². The van der Waals surface area contributed by atoms with Crippen LogP contribution in [0.2, 0.25) is 0 Å². The molecular formula is C18H20BrFN2O. The molecule has 0 fully saturated rings. The van der Waals surface area contributed by atoms with E-state index in [1.165, 1.54) is 12.1 Å². The number of hydrogen-bond acceptors (Lipinski definition) is 2. The zero-order valence-electron chi connectivity index (χ0n) is 13.0. The molecule has 3 nitrogen and oxygen atoms in total. The molecule has 0 saturated carbocycles. The Balaban J connectivity index is 2.23. The third-order valence-electron chi connectivity index (χ3n) is 3.50. The summed E-state index contributed by atoms with van der Waals surface area (Å²) in [5.74, 6) is -0.360. The number of carbonyl (C=O) groups excluding carboxylic acids is 1. The predicted molar refractivity (Wildman–Crippen MR) is 93.7 cm³/mol. The fourth-order valence-corrected chi connectivity index (χ4v) is 2.81. The lowest BCUT2D eigenvalue weighted by Crippen LogP contribution is -2.29. The first-order chi connectivity index (χ1) is 11.1. The molecule has 2 aromatic carbocycles. The van der Waals surface area contributed by atoms with E-state index in [1.54, 1.807) is 6.07 Å². The zero-order chi connectivity index (χ0) is 16.7. The van der Waals surface area contributed by atoms with Crippen molar-refractivity contribution in [3.05, 3.63) is 69.9 Å². The van der Waals surface area contributed by atoms with Crippen LogP contribution in [0.3, 0.4) is 0 Å². The van der Waals surface area contributed by atoms with Crippen molar-refractivity contribution in [2.75, 3.05) is 13.6 Å². The highest BCUT2D eigenvalue weighted by molar-refractivity contribution is 9.10. The minimum Gasteiger partial charge on any atom is -0.345 e. The minimum absolute atomic E-state index is 0.0468. The van der Waals surface area contributed by atoms with Crippen LogP contribution in [-0.2, 0) is 4.79 Å². The maximum absolute atomic E-state index is 13.6. The lowest BCUT2D eigenvalue weighted by atomic mass is 9.98. The van der Waals surface area contributed by atoms with Gasteiger partial charge in [0.25, 0.3) is 0 Å². The van der Waals surface area contributed by atoms with Gasteiger partial charge in [-0.25, -0.2) is 4.39 Å². The largest absolute Gasteiger partial charge is 0.345 e. The van der Waals surface area contributed by atoms with E-state index in [0.717, 1.165) is 28.6 Å². The first-order valence-corrected chi connectivity index (χ1v) is 8.34. The molecular weight excluding hydrogens is 359 g/mol. The summed E-state index contributed by atoms with van der Waals surface area (Å²) in [6, 6.07) is 13.6. The van der Waals surface area contributed by atoms with Crippen molar-refractivity contribution in [3.8, 4) is 0 Å². The fourth-order valence-electron chi connectivity index (χ4n) is 2.39. The monoisotopic (exact) mass is 378 g/mol. The Morgan fingerprint density at radius 3 is 2.52 bits per heavy atom. The topological polar surface area (TPSA) is 41.1 Å². The van der Waals surface area contributed by atoms with Crippen LogP contribution in [0.1, 0.15) is 30.0 Å². The molecule has 0 radical (unpaired) electrons. The smallest absolute Gasteiger partial charge is 0.220 e. The Morgan fingerprint density at radius 2 is 1.87 bits per heavy atom. The summed E-state index contributed by atoms with van der Waals surface area (Å²) in [7, 11) is 1.86. The van der Waals surface area contributed by atoms with E-state index >= 15 is 0 Å². The van der Waals surface area contributed by atoms with Crippen molar-refractivity contribution >= 4 is 21.8 Å². The Hall–Kier alpha value is -1.72. The third-order valence-corrected chi connectivity index (χ3v) is 3.99. The van der Waals surface area contributed by atoms with Crippen LogP contribution in [0.25, 0.3) is 0 Å². The minimum atomic E-state index is -0.370. The molecule has 0 heterocycles. The Bertz CT molecular complexity index is 617. The van der Waals surface area contributed by atoms with E-state index in [-0.39, 0.29) is 17.8 Å². The molecule has 1 unspecified atom stereocenters. The molecule has 0 aliphatic rings. The molecule has 1 amide bonds. The number of carbonyl (C=O) groups is 1. The maximum Gasteiger partial charge on any atom is 0.220 e. The maximum atomic E-state index is 13.6. The van der Waals surface area contributed by atoms with Gasteiger partial charge in [-0.05, 0) is 55.4 Å². The number of benzene rings is 2. The van der Waals surface area contributed by atoms with Crippen LogP contribution >= 0.6 is 15.9 Å². The van der Waals surface area contributed by atoms with Gasteiger partial charge in [0.05, 0.1) is 6.04 Å². The van der Waals surface area contributed by atoms with Gasteiger partial charge in [0.15, 0.2) is 0 Å². The first-order valence-electron chi connectivity index (χ1n) is 7.55. The van der Waals surface area contributed by atoms with E-state index in [2.05, 4.69) is 26.6 Å². The standard InChI is InChI=1S/C18H20BrFN2O/c1-21-10-4-9-17(23)22-18(13-5-2-7-15(19)11-13)14-6-3-8-16(20)12-14/h2-3,5-8,11-12,18,21H,4,9-10H2,1H3,(H,22,23). The highest BCUT2D eigenvalue weighted by Gasteiger charge is 2.17. The van der Waals surface area contributed by atoms with Gasteiger partial charge in [-0.2, -0.15) is 0 Å². The van der Waals surface area contributed by atoms with Crippen molar-refractivity contribution in [2.45, 2.75) is 18.9 Å². The van der Waals surface area contributed by atoms with Gasteiger partial charge in [0, 0.05) is 10.9 Å². The van der Waals surface area contributed by atoms with Crippen molar-refractivity contribution in [1.29, 1.82) is 0 Å². The summed E-state index contributed by atoms with van der Waals surface area (Å²) >= 11 is 3.44. The predicted octanol–water partition coefficient (Wildman–Crippen LogP) is 3.79. The van der Waals surface area contributed by atoms with Gasteiger partial charge in [-0.3, -0.25) is 4.79 Å². The van der Waals surface area contributed by atoms with E-state index in [1.807, 2.05) is 37.4 Å². The number of halogens is 2. The molecule has 122 valence electrons. The van der Waals surface area contributed by atoms with Crippen LogP contribution in [0.15, 0.2) is 53.0 Å². The lowest BCUT2D eigenvalue weighted by molar-refractivity contribution is -0.121. The summed E-state index contributed by atoms with van der Waals surface area (Å²) in [6.07, 6.45) is 1.19. The van der Waals surface area contributed by atoms with Gasteiger partial charge < -0.3 is 10.6 Å². The van der Waals surface area contributed by atoms with Crippen molar-refractivity contribution in [2.24, 2.45) is 0 Å². The molecule has 1 atom stereocenters. The second-order valence-corrected chi connectivity index (χ2v) is 6.23. The van der Waals surface area contributed by atoms with Gasteiger partial charge in [-0.1, -0.05) is 40.2 Å². The van der Waals surface area contributed by atoms with E-state index in [0.29, 0.717) is 6.42 Å². The Morgan fingerprint density at radius 1 is 1.17 bits per heavy atom. The fraction of sp³-hybridized carbons (Fsp3) is 0.278. The SMILES string of the molecule is CNCCCC(=O)NC(c1cccc(F)c1)c1cccc(Br)c1. The summed E-state index contributed by atoms with van der Waals surface area (Å²) < 4.78 is 14.5.